The number of para-hydroxylation sites is 3. The third-order valence-electron chi connectivity index (χ3n) is 7.15. The van der Waals surface area contributed by atoms with Gasteiger partial charge < -0.3 is 8.98 Å². The Labute approximate surface area is 212 Å². The molecule has 5 aromatic carbocycles. The number of hydrogen-bond acceptors (Lipinski definition) is 1. The van der Waals surface area contributed by atoms with Crippen molar-refractivity contribution in [1.82, 2.24) is 4.57 Å². The lowest BCUT2D eigenvalue weighted by Gasteiger charge is -2.25. The standard InChI is InChI=1S/C33H27NOS/c1-36(2,3)31-18-10-15-26-25-14-9-17-30(32(25)35-33(26)31)34-28-16-8-7-13-24(28)27-21-23(19-20-29(27)34)22-11-5-4-6-12-22/h4-21H,1-3H3. The molecular weight excluding hydrogens is 458 g/mol. The van der Waals surface area contributed by atoms with E-state index in [1.54, 1.807) is 0 Å². The van der Waals surface area contributed by atoms with Crippen molar-refractivity contribution in [3.05, 3.63) is 109 Å². The Morgan fingerprint density at radius 3 is 2.00 bits per heavy atom. The van der Waals surface area contributed by atoms with E-state index in [9.17, 15) is 0 Å². The molecule has 7 rings (SSSR count). The molecule has 2 nitrogen and oxygen atoms in total. The molecule has 0 spiro atoms. The van der Waals surface area contributed by atoms with Crippen LogP contribution in [0.25, 0.3) is 60.6 Å². The van der Waals surface area contributed by atoms with E-state index in [-0.39, 0.29) is 0 Å². The molecular formula is C33H27NOS. The summed E-state index contributed by atoms with van der Waals surface area (Å²) in [6.07, 6.45) is 6.98. The van der Waals surface area contributed by atoms with Gasteiger partial charge in [-0.05, 0) is 60.2 Å². The van der Waals surface area contributed by atoms with Crippen LogP contribution in [0.3, 0.4) is 0 Å². The van der Waals surface area contributed by atoms with Crippen LogP contribution in [0.1, 0.15) is 0 Å². The Morgan fingerprint density at radius 2 is 1.19 bits per heavy atom. The second-order valence-electron chi connectivity index (χ2n) is 10.2. The first-order chi connectivity index (χ1) is 17.5. The van der Waals surface area contributed by atoms with Crippen LogP contribution in [0, 0.1) is 0 Å². The fraction of sp³-hybridized carbons (Fsp3) is 0.0909. The number of nitrogens with zero attached hydrogens (tertiary/aromatic N) is 1. The van der Waals surface area contributed by atoms with E-state index in [1.165, 1.54) is 48.6 Å². The van der Waals surface area contributed by atoms with Crippen molar-refractivity contribution in [2.75, 3.05) is 18.8 Å². The Hall–Kier alpha value is -3.95. The Kier molecular flexibility index (Phi) is 4.61. The van der Waals surface area contributed by atoms with E-state index in [0.29, 0.717) is 0 Å². The molecule has 0 saturated carbocycles. The molecule has 36 heavy (non-hydrogen) atoms. The maximum Gasteiger partial charge on any atom is 0.159 e. The van der Waals surface area contributed by atoms with E-state index in [1.807, 2.05) is 0 Å². The predicted octanol–water partition coefficient (Wildman–Crippen LogP) is 9.40. The van der Waals surface area contributed by atoms with Gasteiger partial charge in [0.1, 0.15) is 5.58 Å². The van der Waals surface area contributed by atoms with E-state index < -0.39 is 10.0 Å². The second-order valence-corrected chi connectivity index (χ2v) is 14.3. The molecule has 0 N–H and O–H groups in total. The molecule has 0 amide bonds. The minimum Gasteiger partial charge on any atom is -0.453 e. The maximum atomic E-state index is 6.76. The molecule has 0 unspecified atom stereocenters. The predicted molar refractivity (Wildman–Crippen MR) is 157 cm³/mol. The van der Waals surface area contributed by atoms with Crippen molar-refractivity contribution in [2.24, 2.45) is 0 Å². The number of rotatable bonds is 3. The van der Waals surface area contributed by atoms with Gasteiger partial charge in [-0.2, -0.15) is 0 Å². The first kappa shape index (κ1) is 21.3. The molecule has 2 heterocycles. The summed E-state index contributed by atoms with van der Waals surface area (Å²) < 4.78 is 9.12. The lowest BCUT2D eigenvalue weighted by Crippen LogP contribution is -1.94. The summed E-state index contributed by atoms with van der Waals surface area (Å²) in [5.74, 6) is 0. The molecule has 3 heteroatoms. The fourth-order valence-corrected chi connectivity index (χ4v) is 6.67. The van der Waals surface area contributed by atoms with Crippen molar-refractivity contribution >= 4 is 53.8 Å². The van der Waals surface area contributed by atoms with Crippen molar-refractivity contribution in [2.45, 2.75) is 4.90 Å². The minimum absolute atomic E-state index is 0.943. The van der Waals surface area contributed by atoms with Crippen LogP contribution in [0.5, 0.6) is 0 Å². The summed E-state index contributed by atoms with van der Waals surface area (Å²) in [7, 11) is -0.945. The second kappa shape index (κ2) is 7.78. The summed E-state index contributed by atoms with van der Waals surface area (Å²) >= 11 is 0. The van der Waals surface area contributed by atoms with Crippen LogP contribution < -0.4 is 0 Å². The van der Waals surface area contributed by atoms with Gasteiger partial charge in [0.2, 0.25) is 0 Å². The summed E-state index contributed by atoms with van der Waals surface area (Å²) in [6.45, 7) is 0. The number of aromatic nitrogens is 1. The van der Waals surface area contributed by atoms with Crippen molar-refractivity contribution in [3.8, 4) is 16.8 Å². The van der Waals surface area contributed by atoms with Gasteiger partial charge in [0.05, 0.1) is 16.7 Å². The molecule has 0 bridgehead atoms. The van der Waals surface area contributed by atoms with Gasteiger partial charge in [-0.15, -0.1) is 0 Å². The third-order valence-corrected chi connectivity index (χ3v) is 8.79. The zero-order valence-electron chi connectivity index (χ0n) is 20.7. The molecule has 0 aliphatic rings. The highest BCUT2D eigenvalue weighted by molar-refractivity contribution is 8.32. The molecule has 7 aromatic rings. The Morgan fingerprint density at radius 1 is 0.528 bits per heavy atom. The maximum absolute atomic E-state index is 6.76. The van der Waals surface area contributed by atoms with Crippen molar-refractivity contribution in [1.29, 1.82) is 0 Å². The highest BCUT2D eigenvalue weighted by Gasteiger charge is 2.21. The Balaban J connectivity index is 1.56. The van der Waals surface area contributed by atoms with Crippen LogP contribution in [0.15, 0.2) is 119 Å². The SMILES string of the molecule is CS(C)(C)c1cccc2c1oc1c(-n3c4ccccc4c4cc(-c5ccccc5)ccc43)cccc12. The van der Waals surface area contributed by atoms with Gasteiger partial charge >= 0.3 is 0 Å². The minimum atomic E-state index is -0.945. The first-order valence-corrected chi connectivity index (χ1v) is 15.1. The highest BCUT2D eigenvalue weighted by Crippen LogP contribution is 2.50. The zero-order valence-corrected chi connectivity index (χ0v) is 21.5. The largest absolute Gasteiger partial charge is 0.453 e. The number of fused-ring (bicyclic) bond motifs is 6. The van der Waals surface area contributed by atoms with Gasteiger partial charge in [-0.25, -0.2) is 10.0 Å². The van der Waals surface area contributed by atoms with Crippen LogP contribution in [0.2, 0.25) is 0 Å². The lowest BCUT2D eigenvalue weighted by atomic mass is 10.0. The lowest BCUT2D eigenvalue weighted by molar-refractivity contribution is 0.657. The first-order valence-electron chi connectivity index (χ1n) is 12.2. The van der Waals surface area contributed by atoms with Crippen LogP contribution in [-0.4, -0.2) is 23.3 Å². The van der Waals surface area contributed by atoms with Crippen LogP contribution in [0.4, 0.5) is 0 Å². The highest BCUT2D eigenvalue weighted by atomic mass is 32.3. The smallest absolute Gasteiger partial charge is 0.159 e. The van der Waals surface area contributed by atoms with Gasteiger partial charge in [0, 0.05) is 26.4 Å². The van der Waals surface area contributed by atoms with Gasteiger partial charge in [0.15, 0.2) is 5.58 Å². The molecule has 2 aromatic heterocycles. The van der Waals surface area contributed by atoms with Gasteiger partial charge in [-0.3, -0.25) is 0 Å². The zero-order chi connectivity index (χ0) is 24.4. The fourth-order valence-electron chi connectivity index (χ4n) is 5.48. The number of hydrogen-bond donors (Lipinski definition) is 0. The number of furan rings is 1. The Bertz CT molecular complexity index is 1920. The van der Waals surface area contributed by atoms with Gasteiger partial charge in [-0.1, -0.05) is 78.9 Å². The van der Waals surface area contributed by atoms with E-state index in [4.69, 9.17) is 4.42 Å². The third kappa shape index (κ3) is 3.13. The summed E-state index contributed by atoms with van der Waals surface area (Å²) in [5, 5.41) is 4.86. The monoisotopic (exact) mass is 485 g/mol. The molecule has 0 aliphatic carbocycles. The van der Waals surface area contributed by atoms with Crippen LogP contribution >= 0.6 is 10.0 Å². The van der Waals surface area contributed by atoms with Gasteiger partial charge in [0.25, 0.3) is 0 Å². The average molecular weight is 486 g/mol. The molecule has 0 atom stereocenters. The summed E-state index contributed by atoms with van der Waals surface area (Å²) in [4.78, 5) is 1.32. The normalized spacial score (nSPS) is 12.8. The average Bonchev–Trinajstić information content (AvgIpc) is 3.44. The number of benzene rings is 5. The summed E-state index contributed by atoms with van der Waals surface area (Å²) in [6, 6.07) is 39.2. The topological polar surface area (TPSA) is 18.1 Å². The van der Waals surface area contributed by atoms with Crippen LogP contribution in [-0.2, 0) is 0 Å². The summed E-state index contributed by atoms with van der Waals surface area (Å²) in [5.41, 5.74) is 7.88. The van der Waals surface area contributed by atoms with E-state index in [0.717, 1.165) is 16.9 Å². The van der Waals surface area contributed by atoms with Crippen molar-refractivity contribution < 1.29 is 4.42 Å². The quantitative estimate of drug-likeness (QED) is 0.244. The van der Waals surface area contributed by atoms with E-state index >= 15 is 0 Å². The van der Waals surface area contributed by atoms with E-state index in [2.05, 4.69) is 133 Å². The molecule has 0 fully saturated rings. The van der Waals surface area contributed by atoms with Crippen molar-refractivity contribution in [3.63, 3.8) is 0 Å². The molecule has 0 radical (unpaired) electrons. The molecule has 0 saturated heterocycles. The molecule has 0 aliphatic heterocycles. The molecule has 176 valence electrons.